The van der Waals surface area contributed by atoms with E-state index in [4.69, 9.17) is 0 Å². The van der Waals surface area contributed by atoms with Crippen molar-refractivity contribution in [3.8, 4) is 0 Å². The van der Waals surface area contributed by atoms with Crippen molar-refractivity contribution in [3.63, 3.8) is 0 Å². The van der Waals surface area contributed by atoms with E-state index in [0.717, 1.165) is 29.6 Å². The van der Waals surface area contributed by atoms with Crippen molar-refractivity contribution in [2.75, 3.05) is 0 Å². The van der Waals surface area contributed by atoms with Crippen LogP contribution < -0.4 is 15.7 Å². The second-order valence-corrected chi connectivity index (χ2v) is 8.34. The first-order valence-electron chi connectivity index (χ1n) is 9.47. The van der Waals surface area contributed by atoms with Gasteiger partial charge in [-0.3, -0.25) is 9.59 Å². The van der Waals surface area contributed by atoms with E-state index in [0.29, 0.717) is 20.8 Å². The molecule has 0 atom stereocenters. The highest BCUT2D eigenvalue weighted by Crippen LogP contribution is 2.28. The smallest absolute Gasteiger partial charge is 0.277 e. The number of aromatic nitrogens is 3. The van der Waals surface area contributed by atoms with Crippen molar-refractivity contribution >= 4 is 33.3 Å². The monoisotopic (exact) mass is 393 g/mol. The molecule has 0 saturated carbocycles. The summed E-state index contributed by atoms with van der Waals surface area (Å²) in [5, 5.41) is 1.13. The molecule has 4 rings (SSSR count). The average molecular weight is 394 g/mol. The molecule has 1 aromatic carbocycles. The first kappa shape index (κ1) is 18.6. The predicted octanol–water partition coefficient (Wildman–Crippen LogP) is 3.26. The van der Waals surface area contributed by atoms with E-state index >= 15 is 0 Å². The minimum absolute atomic E-state index is 0.274. The fraction of sp³-hybridized carbons (Fsp3) is 0.318. The van der Waals surface area contributed by atoms with Crippen LogP contribution in [0.25, 0.3) is 21.9 Å². The maximum atomic E-state index is 13.0. The Hall–Kier alpha value is -2.73. The number of fused-ring (bicyclic) bond motifs is 2. The van der Waals surface area contributed by atoms with Crippen molar-refractivity contribution < 1.29 is 0 Å². The quantitative estimate of drug-likeness (QED) is 0.537. The summed E-state index contributed by atoms with van der Waals surface area (Å²) in [6.45, 7) is 10.8. The van der Waals surface area contributed by atoms with Gasteiger partial charge in [0.2, 0.25) is 4.96 Å². The Bertz CT molecular complexity index is 1410. The number of benzene rings is 1. The molecule has 0 bridgehead atoms. The fourth-order valence-electron chi connectivity index (χ4n) is 3.72. The molecular formula is C22H23N3O2S. The van der Waals surface area contributed by atoms with Crippen molar-refractivity contribution in [2.45, 2.75) is 47.6 Å². The van der Waals surface area contributed by atoms with Crippen LogP contribution in [-0.4, -0.2) is 14.0 Å². The SMILES string of the molecule is CCCn1c(C)c(/C=c2\sc3nc(C)c(C)c(=O)n3c2=O)c2cc(C)ccc21. The van der Waals surface area contributed by atoms with Gasteiger partial charge in [-0.2, -0.15) is 0 Å². The summed E-state index contributed by atoms with van der Waals surface area (Å²) in [7, 11) is 0. The Kier molecular flexibility index (Phi) is 4.46. The molecule has 6 heteroatoms. The van der Waals surface area contributed by atoms with Crippen molar-refractivity contribution in [3.05, 3.63) is 71.5 Å². The van der Waals surface area contributed by atoms with Crippen LogP contribution in [0, 0.1) is 27.7 Å². The number of aryl methyl sites for hydroxylation is 3. The van der Waals surface area contributed by atoms with E-state index in [1.54, 1.807) is 13.8 Å². The minimum atomic E-state index is -0.288. The van der Waals surface area contributed by atoms with Gasteiger partial charge in [0, 0.05) is 40.0 Å². The minimum Gasteiger partial charge on any atom is -0.344 e. The van der Waals surface area contributed by atoms with Gasteiger partial charge < -0.3 is 4.57 Å². The summed E-state index contributed by atoms with van der Waals surface area (Å²) in [5.41, 5.74) is 5.15. The molecule has 0 amide bonds. The zero-order chi connectivity index (χ0) is 20.2. The van der Waals surface area contributed by atoms with Crippen LogP contribution in [0.1, 0.15) is 41.4 Å². The molecule has 0 N–H and O–H groups in total. The first-order valence-corrected chi connectivity index (χ1v) is 10.3. The number of rotatable bonds is 3. The molecule has 0 aliphatic carbocycles. The van der Waals surface area contributed by atoms with Gasteiger partial charge in [0.1, 0.15) is 0 Å². The maximum Gasteiger partial charge on any atom is 0.277 e. The van der Waals surface area contributed by atoms with Gasteiger partial charge >= 0.3 is 0 Å². The van der Waals surface area contributed by atoms with Crippen LogP contribution in [-0.2, 0) is 6.54 Å². The Morgan fingerprint density at radius 1 is 1.11 bits per heavy atom. The van der Waals surface area contributed by atoms with Crippen LogP contribution >= 0.6 is 11.3 Å². The van der Waals surface area contributed by atoms with Crippen LogP contribution in [0.5, 0.6) is 0 Å². The number of nitrogens with zero attached hydrogens (tertiary/aromatic N) is 3. The zero-order valence-electron chi connectivity index (χ0n) is 16.8. The number of thiazole rings is 1. The summed E-state index contributed by atoms with van der Waals surface area (Å²) in [4.78, 5) is 30.4. The lowest BCUT2D eigenvalue weighted by Crippen LogP contribution is -2.32. The molecule has 0 unspecified atom stereocenters. The molecular weight excluding hydrogens is 370 g/mol. The Morgan fingerprint density at radius 2 is 1.86 bits per heavy atom. The van der Waals surface area contributed by atoms with Crippen LogP contribution in [0.4, 0.5) is 0 Å². The van der Waals surface area contributed by atoms with Gasteiger partial charge in [-0.25, -0.2) is 9.38 Å². The molecule has 3 aromatic heterocycles. The Balaban J connectivity index is 2.09. The lowest BCUT2D eigenvalue weighted by atomic mass is 10.1. The Morgan fingerprint density at radius 3 is 2.57 bits per heavy atom. The second-order valence-electron chi connectivity index (χ2n) is 7.33. The molecule has 0 aliphatic heterocycles. The molecule has 4 aromatic rings. The van der Waals surface area contributed by atoms with E-state index in [9.17, 15) is 9.59 Å². The molecule has 0 aliphatic rings. The van der Waals surface area contributed by atoms with Crippen molar-refractivity contribution in [1.82, 2.24) is 14.0 Å². The summed E-state index contributed by atoms with van der Waals surface area (Å²) in [6, 6.07) is 6.43. The fourth-order valence-corrected chi connectivity index (χ4v) is 4.72. The molecule has 144 valence electrons. The molecule has 0 fully saturated rings. The summed E-state index contributed by atoms with van der Waals surface area (Å²) >= 11 is 1.27. The van der Waals surface area contributed by atoms with Gasteiger partial charge in [-0.1, -0.05) is 29.9 Å². The van der Waals surface area contributed by atoms with Gasteiger partial charge in [-0.05, 0) is 52.3 Å². The molecule has 3 heterocycles. The highest BCUT2D eigenvalue weighted by Gasteiger charge is 2.15. The predicted molar refractivity (Wildman–Crippen MR) is 116 cm³/mol. The van der Waals surface area contributed by atoms with E-state index in [1.165, 1.54) is 26.8 Å². The summed E-state index contributed by atoms with van der Waals surface area (Å²) in [5.74, 6) is 0. The lowest BCUT2D eigenvalue weighted by molar-refractivity contribution is 0.685. The number of hydrogen-bond acceptors (Lipinski definition) is 4. The third-order valence-electron chi connectivity index (χ3n) is 5.39. The molecule has 28 heavy (non-hydrogen) atoms. The summed E-state index contributed by atoms with van der Waals surface area (Å²) < 4.78 is 4.04. The standard InChI is InChI=1S/C22H23N3O2S/c1-6-9-24-15(5)16(17-10-12(2)7-8-18(17)24)11-19-21(27)25-20(26)13(3)14(4)23-22(25)28-19/h7-8,10-11H,6,9H2,1-5H3/b19-11-. The van der Waals surface area contributed by atoms with E-state index in [1.807, 2.05) is 6.08 Å². The molecule has 0 radical (unpaired) electrons. The largest absolute Gasteiger partial charge is 0.344 e. The van der Waals surface area contributed by atoms with E-state index < -0.39 is 0 Å². The van der Waals surface area contributed by atoms with Crippen LogP contribution in [0.15, 0.2) is 27.8 Å². The number of hydrogen-bond donors (Lipinski definition) is 0. The normalized spacial score (nSPS) is 12.5. The molecule has 0 spiro atoms. The van der Waals surface area contributed by atoms with Gasteiger partial charge in [0.25, 0.3) is 11.1 Å². The second kappa shape index (κ2) is 6.71. The topological polar surface area (TPSA) is 56.4 Å². The first-order chi connectivity index (χ1) is 13.3. The summed E-state index contributed by atoms with van der Waals surface area (Å²) in [6.07, 6.45) is 2.96. The van der Waals surface area contributed by atoms with Gasteiger partial charge in [0.15, 0.2) is 0 Å². The van der Waals surface area contributed by atoms with E-state index in [-0.39, 0.29) is 11.1 Å². The van der Waals surface area contributed by atoms with Crippen LogP contribution in [0.3, 0.4) is 0 Å². The molecule has 5 nitrogen and oxygen atoms in total. The molecule has 0 saturated heterocycles. The lowest BCUT2D eigenvalue weighted by Gasteiger charge is -2.06. The highest BCUT2D eigenvalue weighted by atomic mass is 32.1. The Labute approximate surface area is 166 Å². The zero-order valence-corrected chi connectivity index (χ0v) is 17.6. The van der Waals surface area contributed by atoms with Crippen molar-refractivity contribution in [1.29, 1.82) is 0 Å². The highest BCUT2D eigenvalue weighted by molar-refractivity contribution is 7.15. The van der Waals surface area contributed by atoms with Gasteiger partial charge in [-0.15, -0.1) is 0 Å². The van der Waals surface area contributed by atoms with E-state index in [2.05, 4.69) is 48.5 Å². The maximum absolute atomic E-state index is 13.0. The third kappa shape index (κ3) is 2.71. The average Bonchev–Trinajstić information content (AvgIpc) is 3.09. The van der Waals surface area contributed by atoms with Crippen LogP contribution in [0.2, 0.25) is 0 Å². The van der Waals surface area contributed by atoms with Gasteiger partial charge in [0.05, 0.1) is 4.53 Å². The third-order valence-corrected chi connectivity index (χ3v) is 6.36. The van der Waals surface area contributed by atoms with Crippen molar-refractivity contribution in [2.24, 2.45) is 0 Å².